The maximum Gasteiger partial charge on any atom is 0.263 e. The molecule has 0 spiro atoms. The molecule has 100 valence electrons. The molecule has 1 fully saturated rings. The number of carbonyl (C=O) groups excluding carboxylic acids is 1. The van der Waals surface area contributed by atoms with Crippen LogP contribution in [0.25, 0.3) is 0 Å². The van der Waals surface area contributed by atoms with Crippen molar-refractivity contribution in [3.05, 3.63) is 10.9 Å². The van der Waals surface area contributed by atoms with Crippen LogP contribution < -0.4 is 16.4 Å². The Morgan fingerprint density at radius 2 is 2.39 bits per heavy atom. The van der Waals surface area contributed by atoms with Crippen LogP contribution in [0.4, 0.5) is 10.7 Å². The van der Waals surface area contributed by atoms with Gasteiger partial charge < -0.3 is 21.1 Å². The normalized spacial score (nSPS) is 14.5. The van der Waals surface area contributed by atoms with Crippen molar-refractivity contribution in [2.45, 2.75) is 25.3 Å². The number of anilines is 2. The second-order valence-electron chi connectivity index (χ2n) is 4.42. The number of thiophene rings is 1. The van der Waals surface area contributed by atoms with Crippen molar-refractivity contribution < 1.29 is 9.53 Å². The highest BCUT2D eigenvalue weighted by molar-refractivity contribution is 7.18. The highest BCUT2D eigenvalue weighted by Gasteiger charge is 2.25. The van der Waals surface area contributed by atoms with Crippen molar-refractivity contribution in [1.29, 1.82) is 0 Å². The molecular formula is C12H19N3O2S. The zero-order valence-corrected chi connectivity index (χ0v) is 11.3. The van der Waals surface area contributed by atoms with Crippen LogP contribution in [0.2, 0.25) is 0 Å². The first-order valence-electron chi connectivity index (χ1n) is 6.13. The number of ether oxygens (including phenoxy) is 1. The standard InChI is InChI=1S/C12H19N3O2S/c1-17-6-2-5-14-10-7-9(13)11(18-10)12(16)15-8-3-4-8/h7-8,14H,2-6,13H2,1H3,(H,15,16). The molecule has 1 amide bonds. The number of rotatable bonds is 7. The molecule has 1 aliphatic carbocycles. The second kappa shape index (κ2) is 6.06. The van der Waals surface area contributed by atoms with Gasteiger partial charge in [0.05, 0.1) is 10.7 Å². The van der Waals surface area contributed by atoms with E-state index in [4.69, 9.17) is 10.5 Å². The van der Waals surface area contributed by atoms with Gasteiger partial charge in [-0.3, -0.25) is 4.79 Å². The minimum Gasteiger partial charge on any atom is -0.397 e. The third-order valence-corrected chi connectivity index (χ3v) is 3.81. The first-order chi connectivity index (χ1) is 8.70. The van der Waals surface area contributed by atoms with E-state index >= 15 is 0 Å². The quantitative estimate of drug-likeness (QED) is 0.658. The van der Waals surface area contributed by atoms with Gasteiger partial charge in [-0.2, -0.15) is 0 Å². The number of amides is 1. The zero-order chi connectivity index (χ0) is 13.0. The highest BCUT2D eigenvalue weighted by atomic mass is 32.1. The van der Waals surface area contributed by atoms with Gasteiger partial charge in [0.25, 0.3) is 5.91 Å². The Hall–Kier alpha value is -1.27. The van der Waals surface area contributed by atoms with Crippen LogP contribution in [0, 0.1) is 0 Å². The molecule has 0 unspecified atom stereocenters. The number of hydrogen-bond donors (Lipinski definition) is 3. The maximum absolute atomic E-state index is 11.9. The lowest BCUT2D eigenvalue weighted by molar-refractivity contribution is 0.0956. The lowest BCUT2D eigenvalue weighted by atomic mass is 10.3. The fourth-order valence-electron chi connectivity index (χ4n) is 1.58. The number of methoxy groups -OCH3 is 1. The molecule has 1 aromatic rings. The summed E-state index contributed by atoms with van der Waals surface area (Å²) in [4.78, 5) is 12.5. The summed E-state index contributed by atoms with van der Waals surface area (Å²) in [5.74, 6) is -0.0510. The summed E-state index contributed by atoms with van der Waals surface area (Å²) < 4.78 is 4.97. The summed E-state index contributed by atoms with van der Waals surface area (Å²) in [5.41, 5.74) is 6.40. The smallest absolute Gasteiger partial charge is 0.263 e. The molecule has 0 atom stereocenters. The number of carbonyl (C=O) groups is 1. The molecule has 4 N–H and O–H groups in total. The molecule has 1 heterocycles. The Kier molecular flexibility index (Phi) is 4.43. The van der Waals surface area contributed by atoms with Crippen molar-refractivity contribution in [3.8, 4) is 0 Å². The Morgan fingerprint density at radius 3 is 3.06 bits per heavy atom. The van der Waals surface area contributed by atoms with Crippen LogP contribution in [0.1, 0.15) is 28.9 Å². The van der Waals surface area contributed by atoms with Crippen molar-refractivity contribution in [1.82, 2.24) is 5.32 Å². The fourth-order valence-corrected chi connectivity index (χ4v) is 2.48. The van der Waals surface area contributed by atoms with Crippen molar-refractivity contribution >= 4 is 27.9 Å². The monoisotopic (exact) mass is 269 g/mol. The predicted octanol–water partition coefficient (Wildman–Crippen LogP) is 1.67. The Balaban J connectivity index is 1.87. The Morgan fingerprint density at radius 1 is 1.61 bits per heavy atom. The van der Waals surface area contributed by atoms with Gasteiger partial charge in [0, 0.05) is 26.3 Å². The van der Waals surface area contributed by atoms with Gasteiger partial charge >= 0.3 is 0 Å². The van der Waals surface area contributed by atoms with Crippen LogP contribution in [0.15, 0.2) is 6.07 Å². The van der Waals surface area contributed by atoms with Gasteiger partial charge in [-0.1, -0.05) is 0 Å². The molecule has 1 saturated carbocycles. The molecule has 6 heteroatoms. The lowest BCUT2D eigenvalue weighted by Gasteiger charge is -2.02. The Bertz CT molecular complexity index is 415. The summed E-state index contributed by atoms with van der Waals surface area (Å²) in [6, 6.07) is 2.18. The minimum atomic E-state index is -0.0510. The fraction of sp³-hybridized carbons (Fsp3) is 0.583. The molecule has 18 heavy (non-hydrogen) atoms. The molecule has 5 nitrogen and oxygen atoms in total. The van der Waals surface area contributed by atoms with Gasteiger partial charge in [0.15, 0.2) is 0 Å². The van der Waals surface area contributed by atoms with E-state index in [1.165, 1.54) is 11.3 Å². The zero-order valence-electron chi connectivity index (χ0n) is 10.5. The molecule has 1 aromatic heterocycles. The van der Waals surface area contributed by atoms with Crippen LogP contribution in [-0.4, -0.2) is 32.2 Å². The summed E-state index contributed by atoms with van der Waals surface area (Å²) in [7, 11) is 1.68. The molecule has 2 rings (SSSR count). The number of nitrogens with two attached hydrogens (primary N) is 1. The number of hydrogen-bond acceptors (Lipinski definition) is 5. The third kappa shape index (κ3) is 3.61. The lowest BCUT2D eigenvalue weighted by Crippen LogP contribution is -2.25. The molecule has 0 aromatic carbocycles. The summed E-state index contributed by atoms with van der Waals surface area (Å²) in [5, 5.41) is 7.12. The van der Waals surface area contributed by atoms with E-state index in [1.54, 1.807) is 7.11 Å². The van der Waals surface area contributed by atoms with E-state index in [-0.39, 0.29) is 5.91 Å². The average molecular weight is 269 g/mol. The molecular weight excluding hydrogens is 250 g/mol. The van der Waals surface area contributed by atoms with Crippen LogP contribution >= 0.6 is 11.3 Å². The highest BCUT2D eigenvalue weighted by Crippen LogP contribution is 2.30. The van der Waals surface area contributed by atoms with E-state index in [2.05, 4.69) is 10.6 Å². The van der Waals surface area contributed by atoms with E-state index in [0.29, 0.717) is 16.6 Å². The van der Waals surface area contributed by atoms with Crippen molar-refractivity contribution in [2.24, 2.45) is 0 Å². The molecule has 0 radical (unpaired) electrons. The Labute approximate surface area is 111 Å². The average Bonchev–Trinajstić information content (AvgIpc) is 3.07. The third-order valence-electron chi connectivity index (χ3n) is 2.70. The van der Waals surface area contributed by atoms with Crippen LogP contribution in [0.3, 0.4) is 0 Å². The van der Waals surface area contributed by atoms with Gasteiger partial charge in [-0.15, -0.1) is 11.3 Å². The van der Waals surface area contributed by atoms with Crippen LogP contribution in [-0.2, 0) is 4.74 Å². The number of nitrogens with one attached hydrogen (secondary N) is 2. The van der Waals surface area contributed by atoms with Gasteiger partial charge in [0.1, 0.15) is 4.88 Å². The van der Waals surface area contributed by atoms with Gasteiger partial charge in [0.2, 0.25) is 0 Å². The van der Waals surface area contributed by atoms with E-state index in [0.717, 1.165) is 37.4 Å². The van der Waals surface area contributed by atoms with Gasteiger partial charge in [-0.05, 0) is 25.3 Å². The SMILES string of the molecule is COCCCNc1cc(N)c(C(=O)NC2CC2)s1. The summed E-state index contributed by atoms with van der Waals surface area (Å²) in [6.45, 7) is 1.54. The first-order valence-corrected chi connectivity index (χ1v) is 6.95. The minimum absolute atomic E-state index is 0.0510. The topological polar surface area (TPSA) is 76.4 Å². The molecule has 0 bridgehead atoms. The van der Waals surface area contributed by atoms with Crippen molar-refractivity contribution in [3.63, 3.8) is 0 Å². The molecule has 0 saturated heterocycles. The van der Waals surface area contributed by atoms with Crippen LogP contribution in [0.5, 0.6) is 0 Å². The molecule has 0 aliphatic heterocycles. The maximum atomic E-state index is 11.9. The summed E-state index contributed by atoms with van der Waals surface area (Å²) in [6.07, 6.45) is 3.09. The van der Waals surface area contributed by atoms with Gasteiger partial charge in [-0.25, -0.2) is 0 Å². The predicted molar refractivity (Wildman–Crippen MR) is 74.2 cm³/mol. The molecule has 1 aliphatic rings. The van der Waals surface area contributed by atoms with Crippen molar-refractivity contribution in [2.75, 3.05) is 31.3 Å². The number of nitrogen functional groups attached to an aromatic ring is 1. The summed E-state index contributed by atoms with van der Waals surface area (Å²) >= 11 is 1.41. The largest absolute Gasteiger partial charge is 0.397 e. The second-order valence-corrected chi connectivity index (χ2v) is 5.47. The van der Waals surface area contributed by atoms with E-state index in [9.17, 15) is 4.79 Å². The van der Waals surface area contributed by atoms with E-state index < -0.39 is 0 Å². The first kappa shape index (κ1) is 13.2. The van der Waals surface area contributed by atoms with E-state index in [1.807, 2.05) is 6.07 Å².